The Kier molecular flexibility index (Phi) is 3.63. The van der Waals surface area contributed by atoms with Gasteiger partial charge in [0.25, 0.3) is 0 Å². The molecule has 0 saturated heterocycles. The SMILES string of the molecule is C=CCNCc1ccc(Cl)s1. The lowest BCUT2D eigenvalue weighted by atomic mass is 10.4. The lowest BCUT2D eigenvalue weighted by Crippen LogP contribution is -2.11. The van der Waals surface area contributed by atoms with Crippen LogP contribution in [0.1, 0.15) is 4.88 Å². The Hall–Kier alpha value is -0.310. The van der Waals surface area contributed by atoms with E-state index in [1.165, 1.54) is 4.88 Å². The van der Waals surface area contributed by atoms with E-state index in [2.05, 4.69) is 11.9 Å². The van der Waals surface area contributed by atoms with Gasteiger partial charge in [-0.3, -0.25) is 0 Å². The number of nitrogens with one attached hydrogen (secondary N) is 1. The second-order valence-corrected chi connectivity index (χ2v) is 3.93. The number of thiophene rings is 1. The second-order valence-electron chi connectivity index (χ2n) is 2.13. The number of halogens is 1. The third-order valence-corrected chi connectivity index (χ3v) is 2.45. The van der Waals surface area contributed by atoms with E-state index in [0.717, 1.165) is 17.4 Å². The highest BCUT2D eigenvalue weighted by Gasteiger charge is 1.94. The highest BCUT2D eigenvalue weighted by atomic mass is 35.5. The molecule has 0 fully saturated rings. The largest absolute Gasteiger partial charge is 0.308 e. The summed E-state index contributed by atoms with van der Waals surface area (Å²) in [4.78, 5) is 1.26. The minimum atomic E-state index is 0.843. The molecule has 1 heterocycles. The van der Waals surface area contributed by atoms with Crippen molar-refractivity contribution in [2.75, 3.05) is 6.54 Å². The molecular weight excluding hydrogens is 178 g/mol. The maximum atomic E-state index is 5.74. The first-order valence-electron chi connectivity index (χ1n) is 3.39. The first kappa shape index (κ1) is 8.78. The van der Waals surface area contributed by atoms with Gasteiger partial charge in [0.15, 0.2) is 0 Å². The number of rotatable bonds is 4. The summed E-state index contributed by atoms with van der Waals surface area (Å²) >= 11 is 7.35. The van der Waals surface area contributed by atoms with Gasteiger partial charge >= 0.3 is 0 Å². The molecule has 1 nitrogen and oxygen atoms in total. The van der Waals surface area contributed by atoms with E-state index in [9.17, 15) is 0 Å². The van der Waals surface area contributed by atoms with Gasteiger partial charge in [0.1, 0.15) is 0 Å². The molecule has 0 atom stereocenters. The van der Waals surface area contributed by atoms with Crippen LogP contribution in [0.15, 0.2) is 24.8 Å². The molecule has 1 N–H and O–H groups in total. The highest BCUT2D eigenvalue weighted by molar-refractivity contribution is 7.16. The fraction of sp³-hybridized carbons (Fsp3) is 0.250. The zero-order valence-electron chi connectivity index (χ0n) is 6.14. The Morgan fingerprint density at radius 2 is 2.45 bits per heavy atom. The molecule has 60 valence electrons. The van der Waals surface area contributed by atoms with E-state index < -0.39 is 0 Å². The molecule has 0 aliphatic carbocycles. The molecule has 11 heavy (non-hydrogen) atoms. The molecule has 0 aliphatic rings. The molecule has 1 rings (SSSR count). The standard InChI is InChI=1S/C8H10ClNS/c1-2-5-10-6-7-3-4-8(9)11-7/h2-4,10H,1,5-6H2. The normalized spacial score (nSPS) is 9.91. The van der Waals surface area contributed by atoms with Gasteiger partial charge in [-0.15, -0.1) is 17.9 Å². The van der Waals surface area contributed by atoms with Crippen molar-refractivity contribution in [3.63, 3.8) is 0 Å². The molecule has 0 aromatic carbocycles. The molecule has 0 unspecified atom stereocenters. The van der Waals surface area contributed by atoms with Gasteiger partial charge in [-0.1, -0.05) is 17.7 Å². The van der Waals surface area contributed by atoms with Crippen LogP contribution in [0.25, 0.3) is 0 Å². The maximum Gasteiger partial charge on any atom is 0.0931 e. The average molecular weight is 188 g/mol. The van der Waals surface area contributed by atoms with Crippen molar-refractivity contribution < 1.29 is 0 Å². The summed E-state index contributed by atoms with van der Waals surface area (Å²) in [6, 6.07) is 3.94. The third-order valence-electron chi connectivity index (χ3n) is 1.22. The van der Waals surface area contributed by atoms with Crippen LogP contribution in [0, 0.1) is 0 Å². The van der Waals surface area contributed by atoms with Gasteiger partial charge in [-0.25, -0.2) is 0 Å². The van der Waals surface area contributed by atoms with Crippen LogP contribution in [0.5, 0.6) is 0 Å². The Morgan fingerprint density at radius 1 is 1.64 bits per heavy atom. The van der Waals surface area contributed by atoms with Crippen LogP contribution in [0.4, 0.5) is 0 Å². The molecule has 0 bridgehead atoms. The molecule has 3 heteroatoms. The fourth-order valence-corrected chi connectivity index (χ4v) is 1.80. The summed E-state index contributed by atoms with van der Waals surface area (Å²) in [6.07, 6.45) is 1.84. The highest BCUT2D eigenvalue weighted by Crippen LogP contribution is 2.20. The van der Waals surface area contributed by atoms with Gasteiger partial charge in [-0.05, 0) is 12.1 Å². The predicted octanol–water partition coefficient (Wildman–Crippen LogP) is 2.68. The van der Waals surface area contributed by atoms with Crippen molar-refractivity contribution in [1.29, 1.82) is 0 Å². The monoisotopic (exact) mass is 187 g/mol. The molecule has 0 aliphatic heterocycles. The summed E-state index contributed by atoms with van der Waals surface area (Å²) in [5.41, 5.74) is 0. The average Bonchev–Trinajstić information content (AvgIpc) is 2.37. The molecule has 0 radical (unpaired) electrons. The van der Waals surface area contributed by atoms with Crippen molar-refractivity contribution >= 4 is 22.9 Å². The molecule has 0 saturated carbocycles. The van der Waals surface area contributed by atoms with Crippen LogP contribution in [0.2, 0.25) is 4.34 Å². The Bertz CT molecular complexity index is 232. The topological polar surface area (TPSA) is 12.0 Å². The zero-order chi connectivity index (χ0) is 8.10. The summed E-state index contributed by atoms with van der Waals surface area (Å²) in [7, 11) is 0. The van der Waals surface area contributed by atoms with Crippen LogP contribution in [0.3, 0.4) is 0 Å². The van der Waals surface area contributed by atoms with E-state index in [1.807, 2.05) is 18.2 Å². The maximum absolute atomic E-state index is 5.74. The Labute approximate surface area is 75.7 Å². The summed E-state index contributed by atoms with van der Waals surface area (Å²) < 4.78 is 0.848. The van der Waals surface area contributed by atoms with Crippen molar-refractivity contribution in [2.24, 2.45) is 0 Å². The Morgan fingerprint density at radius 3 is 3.00 bits per heavy atom. The molecule has 0 amide bonds. The van der Waals surface area contributed by atoms with Crippen molar-refractivity contribution in [2.45, 2.75) is 6.54 Å². The summed E-state index contributed by atoms with van der Waals surface area (Å²) in [5.74, 6) is 0. The van der Waals surface area contributed by atoms with Crippen LogP contribution >= 0.6 is 22.9 Å². The minimum absolute atomic E-state index is 0.843. The van der Waals surface area contributed by atoms with E-state index in [1.54, 1.807) is 11.3 Å². The van der Waals surface area contributed by atoms with E-state index >= 15 is 0 Å². The predicted molar refractivity (Wildman–Crippen MR) is 51.2 cm³/mol. The molecular formula is C8H10ClNS. The van der Waals surface area contributed by atoms with Crippen LogP contribution in [-0.4, -0.2) is 6.54 Å². The quantitative estimate of drug-likeness (QED) is 0.565. The van der Waals surface area contributed by atoms with E-state index in [0.29, 0.717) is 0 Å². The van der Waals surface area contributed by atoms with E-state index in [-0.39, 0.29) is 0 Å². The summed E-state index contributed by atoms with van der Waals surface area (Å²) in [5, 5.41) is 3.20. The van der Waals surface area contributed by atoms with Gasteiger partial charge in [0.2, 0.25) is 0 Å². The van der Waals surface area contributed by atoms with Gasteiger partial charge in [-0.2, -0.15) is 0 Å². The fourth-order valence-electron chi connectivity index (χ4n) is 0.744. The van der Waals surface area contributed by atoms with Gasteiger partial charge in [0, 0.05) is 18.0 Å². The van der Waals surface area contributed by atoms with Crippen molar-refractivity contribution in [3.05, 3.63) is 34.0 Å². The molecule has 0 spiro atoms. The number of hydrogen-bond acceptors (Lipinski definition) is 2. The smallest absolute Gasteiger partial charge is 0.0931 e. The first-order valence-corrected chi connectivity index (χ1v) is 4.58. The molecule has 1 aromatic heterocycles. The van der Waals surface area contributed by atoms with Crippen molar-refractivity contribution in [1.82, 2.24) is 5.32 Å². The van der Waals surface area contributed by atoms with Crippen molar-refractivity contribution in [3.8, 4) is 0 Å². The minimum Gasteiger partial charge on any atom is -0.308 e. The van der Waals surface area contributed by atoms with Crippen LogP contribution < -0.4 is 5.32 Å². The first-order chi connectivity index (χ1) is 5.33. The lowest BCUT2D eigenvalue weighted by molar-refractivity contribution is 0.771. The second kappa shape index (κ2) is 4.54. The zero-order valence-corrected chi connectivity index (χ0v) is 7.71. The summed E-state index contributed by atoms with van der Waals surface area (Å²) in [6.45, 7) is 5.33. The van der Waals surface area contributed by atoms with Gasteiger partial charge < -0.3 is 5.32 Å². The number of hydrogen-bond donors (Lipinski definition) is 1. The Balaban J connectivity index is 2.32. The van der Waals surface area contributed by atoms with Crippen LogP contribution in [-0.2, 0) is 6.54 Å². The lowest BCUT2D eigenvalue weighted by Gasteiger charge is -1.95. The third kappa shape index (κ3) is 3.06. The van der Waals surface area contributed by atoms with E-state index in [4.69, 9.17) is 11.6 Å². The van der Waals surface area contributed by atoms with Gasteiger partial charge in [0.05, 0.1) is 4.34 Å². The molecule has 1 aromatic rings.